The quantitative estimate of drug-likeness (QED) is 0.896. The number of rotatable bonds is 2. The summed E-state index contributed by atoms with van der Waals surface area (Å²) in [5.74, 6) is 0.351. The molecule has 24 heavy (non-hydrogen) atoms. The van der Waals surface area contributed by atoms with Crippen molar-refractivity contribution in [3.63, 3.8) is 0 Å². The number of aliphatic hydroxyl groups excluding tert-OH is 1. The summed E-state index contributed by atoms with van der Waals surface area (Å²) in [5, 5.41) is 9.77. The molecule has 1 aromatic carbocycles. The maximum Gasteiger partial charge on any atom is 0.411 e. The number of hydrogen-bond acceptors (Lipinski definition) is 3. The zero-order valence-corrected chi connectivity index (χ0v) is 15.0. The number of fused-ring (bicyclic) bond motifs is 3. The minimum Gasteiger partial charge on any atom is -0.444 e. The Bertz CT molecular complexity index is 674. The third kappa shape index (κ3) is 2.84. The third-order valence-electron chi connectivity index (χ3n) is 5.08. The van der Waals surface area contributed by atoms with Gasteiger partial charge in [-0.2, -0.15) is 0 Å². The Morgan fingerprint density at radius 1 is 1.46 bits per heavy atom. The van der Waals surface area contributed by atoms with Crippen molar-refractivity contribution in [3.8, 4) is 0 Å². The molecule has 1 aromatic rings. The molecule has 2 aliphatic rings. The molecule has 1 heterocycles. The predicted octanol–water partition coefficient (Wildman–Crippen LogP) is 3.85. The molecular weight excluding hydrogens is 302 g/mol. The van der Waals surface area contributed by atoms with Crippen LogP contribution in [0, 0.1) is 12.8 Å². The number of hydrogen-bond donors (Lipinski definition) is 1. The second kappa shape index (κ2) is 5.92. The topological polar surface area (TPSA) is 49.8 Å². The number of likely N-dealkylation sites (tertiary alicyclic amines) is 1. The molecule has 0 aromatic heterocycles. The standard InChI is InChI=1S/C20H27NO3/c1-6-13-10-17-14(7-12(13)2)8-15-9-16(11-22)21(18(15)17)19(23)24-20(3,4)5/h6-7,10,15-16,18,22H,1,8-9,11H2,2-5H3/t15-,16+,18+/m1/s1. The maximum absolute atomic E-state index is 12.8. The highest BCUT2D eigenvalue weighted by Crippen LogP contribution is 2.50. The summed E-state index contributed by atoms with van der Waals surface area (Å²) in [4.78, 5) is 14.5. The SMILES string of the molecule is C=Cc1cc2c(cc1C)C[C@@H]1C[C@@H](CO)N(C(=O)OC(C)(C)C)[C@H]21. The fourth-order valence-corrected chi connectivity index (χ4v) is 4.14. The lowest BCUT2D eigenvalue weighted by Crippen LogP contribution is -2.42. The van der Waals surface area contributed by atoms with Gasteiger partial charge in [0.2, 0.25) is 0 Å². The molecule has 3 atom stereocenters. The number of ether oxygens (including phenoxy) is 1. The van der Waals surface area contributed by atoms with Crippen LogP contribution in [0.1, 0.15) is 55.5 Å². The Labute approximate surface area is 144 Å². The summed E-state index contributed by atoms with van der Waals surface area (Å²) >= 11 is 0. The van der Waals surface area contributed by atoms with E-state index in [0.717, 1.165) is 18.4 Å². The molecule has 0 bridgehead atoms. The Morgan fingerprint density at radius 2 is 2.17 bits per heavy atom. The Morgan fingerprint density at radius 3 is 2.75 bits per heavy atom. The molecule has 1 saturated heterocycles. The van der Waals surface area contributed by atoms with Crippen LogP contribution in [0.2, 0.25) is 0 Å². The molecule has 3 rings (SSSR count). The van der Waals surface area contributed by atoms with Crippen LogP contribution in [0.25, 0.3) is 6.08 Å². The van der Waals surface area contributed by atoms with E-state index < -0.39 is 5.60 Å². The number of aliphatic hydroxyl groups is 1. The van der Waals surface area contributed by atoms with E-state index in [1.807, 2.05) is 26.8 Å². The zero-order valence-electron chi connectivity index (χ0n) is 15.0. The summed E-state index contributed by atoms with van der Waals surface area (Å²) in [5.41, 5.74) is 4.26. The van der Waals surface area contributed by atoms with Crippen LogP contribution in [0.3, 0.4) is 0 Å². The van der Waals surface area contributed by atoms with Crippen LogP contribution in [0.5, 0.6) is 0 Å². The van der Waals surface area contributed by atoms with E-state index in [0.29, 0.717) is 5.92 Å². The molecule has 1 aliphatic heterocycles. The smallest absolute Gasteiger partial charge is 0.411 e. The summed E-state index contributed by atoms with van der Waals surface area (Å²) < 4.78 is 5.61. The molecule has 0 saturated carbocycles. The minimum atomic E-state index is -0.545. The normalized spacial score (nSPS) is 25.4. The first kappa shape index (κ1) is 17.0. The van der Waals surface area contributed by atoms with Crippen molar-refractivity contribution in [2.45, 2.75) is 58.2 Å². The first-order valence-corrected chi connectivity index (χ1v) is 8.63. The number of carbonyl (C=O) groups is 1. The summed E-state index contributed by atoms with van der Waals surface area (Å²) in [6, 6.07) is 4.19. The van der Waals surface area contributed by atoms with Crippen LogP contribution in [0.15, 0.2) is 18.7 Å². The highest BCUT2D eigenvalue weighted by Gasteiger charge is 2.49. The molecular formula is C20H27NO3. The van der Waals surface area contributed by atoms with Crippen molar-refractivity contribution < 1.29 is 14.6 Å². The van der Waals surface area contributed by atoms with E-state index in [-0.39, 0.29) is 24.8 Å². The Balaban J connectivity index is 1.99. The van der Waals surface area contributed by atoms with Gasteiger partial charge in [0, 0.05) is 0 Å². The van der Waals surface area contributed by atoms with E-state index >= 15 is 0 Å². The van der Waals surface area contributed by atoms with Gasteiger partial charge in [-0.05, 0) is 74.8 Å². The highest BCUT2D eigenvalue weighted by molar-refractivity contribution is 5.71. The van der Waals surface area contributed by atoms with E-state index in [1.54, 1.807) is 4.90 Å². The molecule has 4 nitrogen and oxygen atoms in total. The summed E-state index contributed by atoms with van der Waals surface area (Å²) in [6.45, 7) is 11.6. The average Bonchev–Trinajstić information content (AvgIpc) is 2.99. The first-order valence-electron chi connectivity index (χ1n) is 8.63. The van der Waals surface area contributed by atoms with Gasteiger partial charge in [-0.25, -0.2) is 4.79 Å². The number of benzene rings is 1. The molecule has 0 radical (unpaired) electrons. The fourth-order valence-electron chi connectivity index (χ4n) is 4.14. The first-order chi connectivity index (χ1) is 11.2. The van der Waals surface area contributed by atoms with Crippen LogP contribution in [0.4, 0.5) is 4.79 Å². The van der Waals surface area contributed by atoms with E-state index in [1.165, 1.54) is 16.7 Å². The maximum atomic E-state index is 12.8. The molecule has 130 valence electrons. The van der Waals surface area contributed by atoms with E-state index in [2.05, 4.69) is 25.6 Å². The lowest BCUT2D eigenvalue weighted by Gasteiger charge is -2.32. The van der Waals surface area contributed by atoms with Gasteiger partial charge in [0.15, 0.2) is 0 Å². The molecule has 1 amide bonds. The van der Waals surface area contributed by atoms with Gasteiger partial charge < -0.3 is 9.84 Å². The number of aryl methyl sites for hydroxylation is 1. The van der Waals surface area contributed by atoms with Gasteiger partial charge in [0.25, 0.3) is 0 Å². The lowest BCUT2D eigenvalue weighted by molar-refractivity contribution is 0.00795. The predicted molar refractivity (Wildman–Crippen MR) is 94.8 cm³/mol. The Hall–Kier alpha value is -1.81. The van der Waals surface area contributed by atoms with Crippen molar-refractivity contribution in [1.29, 1.82) is 0 Å². The Kier molecular flexibility index (Phi) is 4.20. The van der Waals surface area contributed by atoms with Crippen molar-refractivity contribution >= 4 is 12.2 Å². The number of nitrogens with zero attached hydrogens (tertiary/aromatic N) is 1. The summed E-state index contributed by atoms with van der Waals surface area (Å²) in [6.07, 6.45) is 3.30. The minimum absolute atomic E-state index is 0.00806. The fraction of sp³-hybridized carbons (Fsp3) is 0.550. The van der Waals surface area contributed by atoms with Crippen molar-refractivity contribution in [3.05, 3.63) is 41.0 Å². The van der Waals surface area contributed by atoms with Gasteiger partial charge >= 0.3 is 6.09 Å². The number of amides is 1. The number of carbonyl (C=O) groups excluding carboxylic acids is 1. The van der Waals surface area contributed by atoms with Crippen molar-refractivity contribution in [1.82, 2.24) is 4.90 Å². The molecule has 1 aliphatic carbocycles. The monoisotopic (exact) mass is 329 g/mol. The van der Waals surface area contributed by atoms with Gasteiger partial charge in [-0.1, -0.05) is 18.7 Å². The van der Waals surface area contributed by atoms with Crippen LogP contribution in [-0.2, 0) is 11.2 Å². The van der Waals surface area contributed by atoms with E-state index in [9.17, 15) is 9.90 Å². The second-order valence-electron chi connectivity index (χ2n) is 7.98. The average molecular weight is 329 g/mol. The van der Waals surface area contributed by atoms with Crippen LogP contribution < -0.4 is 0 Å². The third-order valence-corrected chi connectivity index (χ3v) is 5.08. The molecule has 1 N–H and O–H groups in total. The van der Waals surface area contributed by atoms with Crippen LogP contribution >= 0.6 is 0 Å². The van der Waals surface area contributed by atoms with Gasteiger partial charge in [-0.15, -0.1) is 0 Å². The van der Waals surface area contributed by atoms with Gasteiger partial charge in [0.05, 0.1) is 18.7 Å². The van der Waals surface area contributed by atoms with Crippen molar-refractivity contribution in [2.75, 3.05) is 6.61 Å². The zero-order chi connectivity index (χ0) is 17.6. The van der Waals surface area contributed by atoms with Gasteiger partial charge in [0.1, 0.15) is 5.60 Å². The van der Waals surface area contributed by atoms with Crippen LogP contribution in [-0.4, -0.2) is 34.3 Å². The molecule has 0 spiro atoms. The highest BCUT2D eigenvalue weighted by atomic mass is 16.6. The van der Waals surface area contributed by atoms with Gasteiger partial charge in [-0.3, -0.25) is 4.90 Å². The summed E-state index contributed by atoms with van der Waals surface area (Å²) in [7, 11) is 0. The molecule has 4 heteroatoms. The lowest BCUT2D eigenvalue weighted by atomic mass is 9.99. The second-order valence-corrected chi connectivity index (χ2v) is 7.98. The largest absolute Gasteiger partial charge is 0.444 e. The molecule has 1 fully saturated rings. The van der Waals surface area contributed by atoms with E-state index in [4.69, 9.17) is 4.74 Å². The molecule has 0 unspecified atom stereocenters. The van der Waals surface area contributed by atoms with Crippen molar-refractivity contribution in [2.24, 2.45) is 5.92 Å².